The van der Waals surface area contributed by atoms with Gasteiger partial charge in [-0.25, -0.2) is 10.2 Å². The van der Waals surface area contributed by atoms with E-state index in [9.17, 15) is 14.4 Å². The van der Waals surface area contributed by atoms with Gasteiger partial charge >= 0.3 is 17.8 Å². The summed E-state index contributed by atoms with van der Waals surface area (Å²) in [6, 6.07) is 6.11. The molecule has 1 aromatic rings. The molecule has 0 radical (unpaired) electrons. The SMILES string of the molecule is CCOC(=O)C(=N\O)/C(C)=N/NC(=O)C(=O)Nc1ccc(Cl)cc1. The van der Waals surface area contributed by atoms with Gasteiger partial charge in [0.05, 0.1) is 12.3 Å². The summed E-state index contributed by atoms with van der Waals surface area (Å²) in [6.07, 6.45) is 0. The predicted octanol–water partition coefficient (Wildman–Crippen LogP) is 1.16. The lowest BCUT2D eigenvalue weighted by atomic mass is 10.2. The van der Waals surface area contributed by atoms with E-state index < -0.39 is 23.5 Å². The number of oxime groups is 1. The highest BCUT2D eigenvalue weighted by Crippen LogP contribution is 2.13. The number of ether oxygens (including phenoxy) is 1. The van der Waals surface area contributed by atoms with Crippen molar-refractivity contribution in [3.63, 3.8) is 0 Å². The molecule has 0 unspecified atom stereocenters. The van der Waals surface area contributed by atoms with Gasteiger partial charge in [0.15, 0.2) is 0 Å². The summed E-state index contributed by atoms with van der Waals surface area (Å²) in [6.45, 7) is 2.94. The third-order valence-corrected chi connectivity index (χ3v) is 2.80. The van der Waals surface area contributed by atoms with Gasteiger partial charge in [0.1, 0.15) is 0 Å². The van der Waals surface area contributed by atoms with Crippen LogP contribution in [-0.4, -0.2) is 41.0 Å². The summed E-state index contributed by atoms with van der Waals surface area (Å²) in [5, 5.41) is 17.9. The normalized spacial score (nSPS) is 11.6. The lowest BCUT2D eigenvalue weighted by molar-refractivity contribution is -0.136. The van der Waals surface area contributed by atoms with E-state index in [-0.39, 0.29) is 12.3 Å². The third-order valence-electron chi connectivity index (χ3n) is 2.54. The quantitative estimate of drug-likeness (QED) is 0.240. The van der Waals surface area contributed by atoms with Crippen LogP contribution in [0.1, 0.15) is 13.8 Å². The zero-order valence-electron chi connectivity index (χ0n) is 12.9. The summed E-state index contributed by atoms with van der Waals surface area (Å²) in [5.74, 6) is -2.97. The molecule has 0 aromatic heterocycles. The minimum atomic E-state index is -1.08. The van der Waals surface area contributed by atoms with Gasteiger partial charge in [0.25, 0.3) is 0 Å². The van der Waals surface area contributed by atoms with Crippen LogP contribution in [0.5, 0.6) is 0 Å². The molecule has 1 aromatic carbocycles. The Labute approximate surface area is 142 Å². The van der Waals surface area contributed by atoms with Crippen LogP contribution in [-0.2, 0) is 19.1 Å². The Morgan fingerprint density at radius 3 is 2.38 bits per heavy atom. The number of carbonyl (C=O) groups is 3. The van der Waals surface area contributed by atoms with Gasteiger partial charge < -0.3 is 15.3 Å². The fourth-order valence-corrected chi connectivity index (χ4v) is 1.55. The van der Waals surface area contributed by atoms with Crippen molar-refractivity contribution in [3.05, 3.63) is 29.3 Å². The van der Waals surface area contributed by atoms with Crippen molar-refractivity contribution in [3.8, 4) is 0 Å². The minimum Gasteiger partial charge on any atom is -0.461 e. The molecular weight excluding hydrogens is 340 g/mol. The number of benzene rings is 1. The third kappa shape index (κ3) is 5.69. The molecule has 1 rings (SSSR count). The van der Waals surface area contributed by atoms with Crippen molar-refractivity contribution in [1.29, 1.82) is 0 Å². The van der Waals surface area contributed by atoms with E-state index in [1.54, 1.807) is 19.1 Å². The average Bonchev–Trinajstić information content (AvgIpc) is 2.55. The molecule has 0 saturated carbocycles. The molecule has 3 N–H and O–H groups in total. The second-order valence-electron chi connectivity index (χ2n) is 4.27. The van der Waals surface area contributed by atoms with E-state index >= 15 is 0 Å². The molecule has 128 valence electrons. The summed E-state index contributed by atoms with van der Waals surface area (Å²) < 4.78 is 4.65. The highest BCUT2D eigenvalue weighted by molar-refractivity contribution is 6.65. The predicted molar refractivity (Wildman–Crippen MR) is 87.2 cm³/mol. The molecule has 0 atom stereocenters. The minimum absolute atomic E-state index is 0.0704. The fraction of sp³-hybridized carbons (Fsp3) is 0.214. The molecular formula is C14H15ClN4O5. The monoisotopic (exact) mass is 354 g/mol. The van der Waals surface area contributed by atoms with E-state index in [1.165, 1.54) is 19.1 Å². The maximum absolute atomic E-state index is 11.7. The molecule has 0 saturated heterocycles. The van der Waals surface area contributed by atoms with Crippen LogP contribution in [0.25, 0.3) is 0 Å². The van der Waals surface area contributed by atoms with Gasteiger partial charge in [-0.05, 0) is 38.1 Å². The molecule has 0 spiro atoms. The Hall–Kier alpha value is -2.94. The van der Waals surface area contributed by atoms with Crippen LogP contribution < -0.4 is 10.7 Å². The second-order valence-corrected chi connectivity index (χ2v) is 4.70. The van der Waals surface area contributed by atoms with Crippen molar-refractivity contribution >= 4 is 46.5 Å². The van der Waals surface area contributed by atoms with Crippen LogP contribution in [0.4, 0.5) is 5.69 Å². The Morgan fingerprint density at radius 1 is 1.21 bits per heavy atom. The molecule has 24 heavy (non-hydrogen) atoms. The number of carbonyl (C=O) groups excluding carboxylic acids is 3. The zero-order valence-corrected chi connectivity index (χ0v) is 13.6. The number of halogens is 1. The lowest BCUT2D eigenvalue weighted by Gasteiger charge is -2.05. The fourth-order valence-electron chi connectivity index (χ4n) is 1.42. The number of nitrogens with one attached hydrogen (secondary N) is 2. The number of nitrogens with zero attached hydrogens (tertiary/aromatic N) is 2. The molecule has 0 bridgehead atoms. The first-order valence-electron chi connectivity index (χ1n) is 6.69. The molecule has 0 heterocycles. The van der Waals surface area contributed by atoms with E-state index in [0.29, 0.717) is 10.7 Å². The van der Waals surface area contributed by atoms with Gasteiger partial charge in [-0.3, -0.25) is 9.59 Å². The number of esters is 1. The van der Waals surface area contributed by atoms with Crippen molar-refractivity contribution in [2.75, 3.05) is 11.9 Å². The zero-order chi connectivity index (χ0) is 18.1. The Bertz CT molecular complexity index is 685. The number of anilines is 1. The lowest BCUT2D eigenvalue weighted by Crippen LogP contribution is -2.34. The second kappa shape index (κ2) is 9.26. The van der Waals surface area contributed by atoms with Crippen LogP contribution in [0.2, 0.25) is 5.02 Å². The van der Waals surface area contributed by atoms with Crippen molar-refractivity contribution < 1.29 is 24.3 Å². The van der Waals surface area contributed by atoms with Crippen molar-refractivity contribution in [2.45, 2.75) is 13.8 Å². The van der Waals surface area contributed by atoms with Gasteiger partial charge in [-0.1, -0.05) is 16.8 Å². The van der Waals surface area contributed by atoms with E-state index in [1.807, 2.05) is 5.43 Å². The maximum atomic E-state index is 11.7. The maximum Gasteiger partial charge on any atom is 0.362 e. The first kappa shape index (κ1) is 19.1. The number of amides is 2. The topological polar surface area (TPSA) is 129 Å². The van der Waals surface area contributed by atoms with E-state index in [2.05, 4.69) is 20.3 Å². The van der Waals surface area contributed by atoms with E-state index in [0.717, 1.165) is 0 Å². The van der Waals surface area contributed by atoms with Gasteiger partial charge in [-0.2, -0.15) is 5.10 Å². The first-order chi connectivity index (χ1) is 11.4. The Morgan fingerprint density at radius 2 is 1.83 bits per heavy atom. The molecule has 10 heteroatoms. The Balaban J connectivity index is 2.67. The van der Waals surface area contributed by atoms with Crippen LogP contribution >= 0.6 is 11.6 Å². The average molecular weight is 355 g/mol. The van der Waals surface area contributed by atoms with E-state index in [4.69, 9.17) is 16.8 Å². The van der Waals surface area contributed by atoms with Gasteiger partial charge in [0.2, 0.25) is 5.71 Å². The number of hydrogen-bond donors (Lipinski definition) is 3. The molecule has 2 amide bonds. The van der Waals surface area contributed by atoms with Gasteiger partial charge in [-0.15, -0.1) is 0 Å². The summed E-state index contributed by atoms with van der Waals surface area (Å²) in [7, 11) is 0. The largest absolute Gasteiger partial charge is 0.461 e. The molecule has 0 aliphatic heterocycles. The van der Waals surface area contributed by atoms with Crippen LogP contribution in [0.15, 0.2) is 34.5 Å². The number of rotatable bonds is 5. The number of hydrogen-bond acceptors (Lipinski definition) is 7. The molecule has 0 aliphatic carbocycles. The van der Waals surface area contributed by atoms with Crippen molar-refractivity contribution in [2.24, 2.45) is 10.3 Å². The smallest absolute Gasteiger partial charge is 0.362 e. The summed E-state index contributed by atoms with van der Waals surface area (Å²) in [5.41, 5.74) is 1.68. The number of hydrazone groups is 1. The highest BCUT2D eigenvalue weighted by Gasteiger charge is 2.19. The summed E-state index contributed by atoms with van der Waals surface area (Å²) >= 11 is 5.71. The molecule has 0 fully saturated rings. The van der Waals surface area contributed by atoms with Gasteiger partial charge in [0, 0.05) is 10.7 Å². The first-order valence-corrected chi connectivity index (χ1v) is 7.07. The standard InChI is InChI=1S/C14H15ClN4O5/c1-3-24-14(22)11(19-23)8(2)17-18-13(21)12(20)16-10-6-4-9(15)5-7-10/h4-7,23H,3H2,1-2H3,(H,16,20)(H,18,21)/b17-8+,19-11-. The van der Waals surface area contributed by atoms with Crippen LogP contribution in [0, 0.1) is 0 Å². The summed E-state index contributed by atoms with van der Waals surface area (Å²) in [4.78, 5) is 34.8. The Kier molecular flexibility index (Phi) is 7.37. The molecule has 9 nitrogen and oxygen atoms in total. The molecule has 0 aliphatic rings. The van der Waals surface area contributed by atoms with Crippen molar-refractivity contribution in [1.82, 2.24) is 5.43 Å². The van der Waals surface area contributed by atoms with Crippen LogP contribution in [0.3, 0.4) is 0 Å². The highest BCUT2D eigenvalue weighted by atomic mass is 35.5.